The number of rotatable bonds is 4. The van der Waals surface area contributed by atoms with Crippen LogP contribution in [0, 0.1) is 18.6 Å². The standard InChI is InChI=1S/C17H12F2O2S2/c1-9-7-10-3-2-4-14(16(10)23-9)22-8-12-11(17(20)21)5-6-13(18)15(12)19/h2-7H,8H2,1H3,(H,20,21). The highest BCUT2D eigenvalue weighted by Crippen LogP contribution is 2.36. The number of carboxylic acids is 1. The summed E-state index contributed by atoms with van der Waals surface area (Å²) in [6.45, 7) is 2.01. The number of aromatic carboxylic acids is 1. The summed E-state index contributed by atoms with van der Waals surface area (Å²) >= 11 is 2.94. The Labute approximate surface area is 139 Å². The molecule has 0 aliphatic carbocycles. The van der Waals surface area contributed by atoms with E-state index in [4.69, 9.17) is 5.11 Å². The summed E-state index contributed by atoms with van der Waals surface area (Å²) in [6.07, 6.45) is 0. The summed E-state index contributed by atoms with van der Waals surface area (Å²) in [6, 6.07) is 9.81. The van der Waals surface area contributed by atoms with Crippen molar-refractivity contribution < 1.29 is 18.7 Å². The van der Waals surface area contributed by atoms with Gasteiger partial charge in [-0.25, -0.2) is 13.6 Å². The Morgan fingerprint density at radius 2 is 2.04 bits per heavy atom. The van der Waals surface area contributed by atoms with Crippen LogP contribution in [0.2, 0.25) is 0 Å². The molecule has 1 N–H and O–H groups in total. The predicted molar refractivity (Wildman–Crippen MR) is 89.4 cm³/mol. The molecule has 3 aromatic rings. The fraction of sp³-hybridized carbons (Fsp3) is 0.118. The second-order valence-electron chi connectivity index (χ2n) is 5.01. The zero-order valence-corrected chi connectivity index (χ0v) is 13.7. The maximum absolute atomic E-state index is 14.0. The summed E-state index contributed by atoms with van der Waals surface area (Å²) in [7, 11) is 0. The third-order valence-corrected chi connectivity index (χ3v) is 5.74. The van der Waals surface area contributed by atoms with Gasteiger partial charge in [0.05, 0.1) is 5.56 Å². The molecule has 0 unspecified atom stereocenters. The van der Waals surface area contributed by atoms with E-state index < -0.39 is 17.6 Å². The molecule has 3 rings (SSSR count). The average molecular weight is 350 g/mol. The molecule has 0 bridgehead atoms. The van der Waals surface area contributed by atoms with Crippen molar-refractivity contribution in [2.45, 2.75) is 17.6 Å². The van der Waals surface area contributed by atoms with E-state index in [0.717, 1.165) is 32.0 Å². The number of hydrogen-bond donors (Lipinski definition) is 1. The van der Waals surface area contributed by atoms with Gasteiger partial charge in [0.2, 0.25) is 0 Å². The van der Waals surface area contributed by atoms with Crippen LogP contribution in [-0.2, 0) is 5.75 Å². The van der Waals surface area contributed by atoms with Gasteiger partial charge in [0.1, 0.15) is 0 Å². The second kappa shape index (κ2) is 6.29. The lowest BCUT2D eigenvalue weighted by atomic mass is 10.1. The molecule has 0 atom stereocenters. The van der Waals surface area contributed by atoms with Crippen molar-refractivity contribution in [2.75, 3.05) is 0 Å². The predicted octanol–water partition coefficient (Wildman–Crippen LogP) is 5.48. The van der Waals surface area contributed by atoms with E-state index in [-0.39, 0.29) is 16.9 Å². The van der Waals surface area contributed by atoms with Crippen LogP contribution in [-0.4, -0.2) is 11.1 Å². The number of benzene rings is 2. The molecular formula is C17H12F2O2S2. The molecule has 1 aromatic heterocycles. The first-order valence-corrected chi connectivity index (χ1v) is 8.59. The van der Waals surface area contributed by atoms with Crippen LogP contribution in [0.25, 0.3) is 10.1 Å². The Bertz CT molecular complexity index is 903. The number of halogens is 2. The van der Waals surface area contributed by atoms with Crippen molar-refractivity contribution in [2.24, 2.45) is 0 Å². The molecule has 1 heterocycles. The zero-order valence-electron chi connectivity index (χ0n) is 12.1. The number of thioether (sulfide) groups is 1. The van der Waals surface area contributed by atoms with Crippen LogP contribution in [0.4, 0.5) is 8.78 Å². The summed E-state index contributed by atoms with van der Waals surface area (Å²) in [4.78, 5) is 13.3. The van der Waals surface area contributed by atoms with E-state index in [1.807, 2.05) is 25.1 Å². The summed E-state index contributed by atoms with van der Waals surface area (Å²) in [5.74, 6) is -3.33. The maximum atomic E-state index is 14.0. The van der Waals surface area contributed by atoms with Gasteiger partial charge in [-0.3, -0.25) is 0 Å². The summed E-state index contributed by atoms with van der Waals surface area (Å²) in [5, 5.41) is 10.3. The number of hydrogen-bond acceptors (Lipinski definition) is 3. The Kier molecular flexibility index (Phi) is 4.37. The third-order valence-electron chi connectivity index (χ3n) is 3.43. The van der Waals surface area contributed by atoms with Gasteiger partial charge < -0.3 is 5.11 Å². The monoisotopic (exact) mass is 350 g/mol. The van der Waals surface area contributed by atoms with Gasteiger partial charge in [-0.1, -0.05) is 12.1 Å². The minimum atomic E-state index is -1.26. The molecule has 0 saturated carbocycles. The minimum absolute atomic E-state index is 0.0568. The number of carbonyl (C=O) groups is 1. The van der Waals surface area contributed by atoms with Crippen molar-refractivity contribution in [3.05, 3.63) is 64.0 Å². The fourth-order valence-electron chi connectivity index (χ4n) is 2.36. The van der Waals surface area contributed by atoms with E-state index in [2.05, 4.69) is 6.07 Å². The normalized spacial score (nSPS) is 11.1. The molecule has 0 fully saturated rings. The first kappa shape index (κ1) is 16.0. The van der Waals surface area contributed by atoms with E-state index in [9.17, 15) is 13.6 Å². The molecule has 2 aromatic carbocycles. The van der Waals surface area contributed by atoms with Crippen molar-refractivity contribution in [1.82, 2.24) is 0 Å². The third kappa shape index (κ3) is 3.09. The Balaban J connectivity index is 1.97. The number of thiophene rings is 1. The van der Waals surface area contributed by atoms with E-state index in [1.165, 1.54) is 11.8 Å². The largest absolute Gasteiger partial charge is 0.478 e. The van der Waals surface area contributed by atoms with E-state index >= 15 is 0 Å². The lowest BCUT2D eigenvalue weighted by Gasteiger charge is -2.09. The van der Waals surface area contributed by atoms with Gasteiger partial charge in [0, 0.05) is 25.8 Å². The van der Waals surface area contributed by atoms with Gasteiger partial charge >= 0.3 is 5.97 Å². The average Bonchev–Trinajstić information content (AvgIpc) is 2.89. The van der Waals surface area contributed by atoms with Gasteiger partial charge in [-0.2, -0.15) is 0 Å². The molecule has 0 aliphatic heterocycles. The molecular weight excluding hydrogens is 338 g/mol. The van der Waals surface area contributed by atoms with E-state index in [1.54, 1.807) is 11.3 Å². The van der Waals surface area contributed by atoms with Crippen molar-refractivity contribution in [3.63, 3.8) is 0 Å². The Morgan fingerprint density at radius 3 is 2.78 bits per heavy atom. The molecule has 0 saturated heterocycles. The Hall–Kier alpha value is -1.92. The first-order valence-electron chi connectivity index (χ1n) is 6.79. The molecule has 118 valence electrons. The molecule has 0 aliphatic rings. The van der Waals surface area contributed by atoms with Crippen LogP contribution >= 0.6 is 23.1 Å². The number of aryl methyl sites for hydroxylation is 1. The molecule has 2 nitrogen and oxygen atoms in total. The van der Waals surface area contributed by atoms with E-state index in [0.29, 0.717) is 0 Å². The van der Waals surface area contributed by atoms with Gasteiger partial charge in [-0.15, -0.1) is 23.1 Å². The van der Waals surface area contributed by atoms with Gasteiger partial charge in [0.25, 0.3) is 0 Å². The van der Waals surface area contributed by atoms with Crippen LogP contribution in [0.1, 0.15) is 20.8 Å². The minimum Gasteiger partial charge on any atom is -0.478 e. The first-order chi connectivity index (χ1) is 11.0. The second-order valence-corrected chi connectivity index (χ2v) is 7.29. The Morgan fingerprint density at radius 1 is 1.26 bits per heavy atom. The molecule has 23 heavy (non-hydrogen) atoms. The van der Waals surface area contributed by atoms with Crippen LogP contribution in [0.5, 0.6) is 0 Å². The molecule has 0 radical (unpaired) electrons. The maximum Gasteiger partial charge on any atom is 0.336 e. The van der Waals surface area contributed by atoms with Crippen molar-refractivity contribution in [3.8, 4) is 0 Å². The van der Waals surface area contributed by atoms with Crippen molar-refractivity contribution >= 4 is 39.2 Å². The molecule has 0 amide bonds. The lowest BCUT2D eigenvalue weighted by Crippen LogP contribution is -2.06. The lowest BCUT2D eigenvalue weighted by molar-refractivity contribution is 0.0695. The quantitative estimate of drug-likeness (QED) is 0.633. The molecule has 0 spiro atoms. The van der Waals surface area contributed by atoms with Gasteiger partial charge in [-0.05, 0) is 36.6 Å². The smallest absolute Gasteiger partial charge is 0.336 e. The number of fused-ring (bicyclic) bond motifs is 1. The molecule has 6 heteroatoms. The zero-order chi connectivity index (χ0) is 16.6. The van der Waals surface area contributed by atoms with Crippen molar-refractivity contribution in [1.29, 1.82) is 0 Å². The summed E-state index contributed by atoms with van der Waals surface area (Å²) in [5.41, 5.74) is -0.321. The highest BCUT2D eigenvalue weighted by molar-refractivity contribution is 7.98. The summed E-state index contributed by atoms with van der Waals surface area (Å²) < 4.78 is 28.5. The van der Waals surface area contributed by atoms with Crippen LogP contribution < -0.4 is 0 Å². The topological polar surface area (TPSA) is 37.3 Å². The highest BCUT2D eigenvalue weighted by atomic mass is 32.2. The number of carboxylic acid groups (broad SMARTS) is 1. The van der Waals surface area contributed by atoms with Crippen LogP contribution in [0.3, 0.4) is 0 Å². The van der Waals surface area contributed by atoms with Crippen LogP contribution in [0.15, 0.2) is 41.3 Å². The fourth-order valence-corrected chi connectivity index (χ4v) is 4.59. The highest BCUT2D eigenvalue weighted by Gasteiger charge is 2.18. The SMILES string of the molecule is Cc1cc2cccc(SCc3c(C(=O)O)ccc(F)c3F)c2s1. The van der Waals surface area contributed by atoms with Gasteiger partial charge in [0.15, 0.2) is 11.6 Å².